The van der Waals surface area contributed by atoms with Crippen LogP contribution in [0.5, 0.6) is 6.01 Å². The van der Waals surface area contributed by atoms with E-state index in [2.05, 4.69) is 41.0 Å². The number of halogens is 1. The van der Waals surface area contributed by atoms with Crippen molar-refractivity contribution in [2.45, 2.75) is 20.8 Å². The SMILES string of the molecule is CC(C)(C)COc1ncc(-c2ccc(Nc3nc4c(F)cccc4s3)cc2)cn1. The summed E-state index contributed by atoms with van der Waals surface area (Å²) in [6.07, 6.45) is 3.51. The number of nitrogens with zero attached hydrogens (tertiary/aromatic N) is 3. The Hall–Kier alpha value is -3.06. The number of hydrogen-bond acceptors (Lipinski definition) is 6. The van der Waals surface area contributed by atoms with Gasteiger partial charge in [-0.2, -0.15) is 0 Å². The van der Waals surface area contributed by atoms with Gasteiger partial charge >= 0.3 is 6.01 Å². The zero-order chi connectivity index (χ0) is 20.4. The number of para-hydroxylation sites is 1. The van der Waals surface area contributed by atoms with Gasteiger partial charge in [-0.05, 0) is 35.2 Å². The summed E-state index contributed by atoms with van der Waals surface area (Å²) in [4.78, 5) is 12.9. The van der Waals surface area contributed by atoms with E-state index >= 15 is 0 Å². The van der Waals surface area contributed by atoms with Crippen LogP contribution in [0.4, 0.5) is 15.2 Å². The van der Waals surface area contributed by atoms with E-state index in [0.717, 1.165) is 21.5 Å². The average molecular weight is 409 g/mol. The first-order valence-corrected chi connectivity index (χ1v) is 10.1. The maximum atomic E-state index is 13.8. The topological polar surface area (TPSA) is 59.9 Å². The zero-order valence-corrected chi connectivity index (χ0v) is 17.3. The second kappa shape index (κ2) is 7.75. The molecule has 4 rings (SSSR count). The molecule has 0 spiro atoms. The van der Waals surface area contributed by atoms with Crippen LogP contribution in [0.3, 0.4) is 0 Å². The molecular weight excluding hydrogens is 387 g/mol. The Morgan fingerprint density at radius 2 is 1.72 bits per heavy atom. The molecule has 0 atom stereocenters. The van der Waals surface area contributed by atoms with Crippen molar-refractivity contribution in [2.24, 2.45) is 5.41 Å². The predicted molar refractivity (Wildman–Crippen MR) is 115 cm³/mol. The van der Waals surface area contributed by atoms with Crippen molar-refractivity contribution in [1.29, 1.82) is 0 Å². The highest BCUT2D eigenvalue weighted by atomic mass is 32.1. The third kappa shape index (κ3) is 4.68. The molecule has 29 heavy (non-hydrogen) atoms. The van der Waals surface area contributed by atoms with Crippen LogP contribution in [0, 0.1) is 11.2 Å². The molecule has 0 amide bonds. The molecule has 0 aliphatic carbocycles. The molecule has 0 fully saturated rings. The van der Waals surface area contributed by atoms with E-state index in [-0.39, 0.29) is 11.2 Å². The molecule has 2 aromatic carbocycles. The highest BCUT2D eigenvalue weighted by Gasteiger charge is 2.12. The van der Waals surface area contributed by atoms with Crippen LogP contribution in [-0.4, -0.2) is 21.6 Å². The standard InChI is InChI=1S/C22H21FN4OS/c1-22(2,3)13-28-20-24-11-15(12-25-20)14-7-9-16(10-8-14)26-21-27-19-17(23)5-4-6-18(19)29-21/h4-12H,13H2,1-3H3,(H,26,27). The van der Waals surface area contributed by atoms with Crippen LogP contribution in [0.1, 0.15) is 20.8 Å². The number of fused-ring (bicyclic) bond motifs is 1. The first kappa shape index (κ1) is 19.3. The average Bonchev–Trinajstić information content (AvgIpc) is 3.11. The summed E-state index contributed by atoms with van der Waals surface area (Å²) in [6.45, 7) is 6.85. The predicted octanol–water partition coefficient (Wildman–Crippen LogP) is 6.06. The molecule has 2 heterocycles. The lowest BCUT2D eigenvalue weighted by molar-refractivity contribution is 0.184. The number of hydrogen-bond donors (Lipinski definition) is 1. The number of rotatable bonds is 5. The molecule has 0 saturated carbocycles. The molecule has 7 heteroatoms. The Bertz CT molecular complexity index is 1120. The van der Waals surface area contributed by atoms with Crippen molar-refractivity contribution in [3.8, 4) is 17.1 Å². The molecule has 0 saturated heterocycles. The van der Waals surface area contributed by atoms with Crippen molar-refractivity contribution in [3.63, 3.8) is 0 Å². The summed E-state index contributed by atoms with van der Waals surface area (Å²) < 4.78 is 20.2. The Balaban J connectivity index is 1.45. The van der Waals surface area contributed by atoms with E-state index in [0.29, 0.717) is 23.3 Å². The zero-order valence-electron chi connectivity index (χ0n) is 16.4. The van der Waals surface area contributed by atoms with Crippen molar-refractivity contribution in [2.75, 3.05) is 11.9 Å². The van der Waals surface area contributed by atoms with Gasteiger partial charge < -0.3 is 10.1 Å². The van der Waals surface area contributed by atoms with Gasteiger partial charge in [-0.3, -0.25) is 0 Å². The fourth-order valence-electron chi connectivity index (χ4n) is 2.66. The summed E-state index contributed by atoms with van der Waals surface area (Å²) >= 11 is 1.42. The maximum absolute atomic E-state index is 13.8. The van der Waals surface area contributed by atoms with E-state index in [4.69, 9.17) is 4.74 Å². The Kier molecular flexibility index (Phi) is 5.15. The highest BCUT2D eigenvalue weighted by Crippen LogP contribution is 2.30. The minimum atomic E-state index is -0.308. The first-order valence-electron chi connectivity index (χ1n) is 9.25. The van der Waals surface area contributed by atoms with Gasteiger partial charge in [0.25, 0.3) is 0 Å². The van der Waals surface area contributed by atoms with Gasteiger partial charge in [-0.25, -0.2) is 19.3 Å². The lowest BCUT2D eigenvalue weighted by Crippen LogP contribution is -2.17. The van der Waals surface area contributed by atoms with Crippen LogP contribution < -0.4 is 10.1 Å². The molecule has 0 aliphatic heterocycles. The minimum absolute atomic E-state index is 0.0555. The van der Waals surface area contributed by atoms with Gasteiger partial charge in [0.15, 0.2) is 5.13 Å². The van der Waals surface area contributed by atoms with E-state index in [1.807, 2.05) is 30.3 Å². The molecule has 4 aromatic rings. The number of thiazole rings is 1. The minimum Gasteiger partial charge on any atom is -0.463 e. The van der Waals surface area contributed by atoms with Gasteiger partial charge in [-0.15, -0.1) is 0 Å². The summed E-state index contributed by atoms with van der Waals surface area (Å²) in [7, 11) is 0. The number of aromatic nitrogens is 3. The molecule has 0 bridgehead atoms. The number of nitrogens with one attached hydrogen (secondary N) is 1. The maximum Gasteiger partial charge on any atom is 0.316 e. The number of ether oxygens (including phenoxy) is 1. The Labute approximate surface area is 172 Å². The molecule has 0 radical (unpaired) electrons. The smallest absolute Gasteiger partial charge is 0.316 e. The van der Waals surface area contributed by atoms with Crippen molar-refractivity contribution in [3.05, 3.63) is 60.7 Å². The molecule has 0 aliphatic rings. The molecule has 5 nitrogen and oxygen atoms in total. The quantitative estimate of drug-likeness (QED) is 0.435. The lowest BCUT2D eigenvalue weighted by Gasteiger charge is -2.17. The molecule has 1 N–H and O–H groups in total. The van der Waals surface area contributed by atoms with Crippen LogP contribution in [0.25, 0.3) is 21.3 Å². The Morgan fingerprint density at radius 3 is 2.38 bits per heavy atom. The second-order valence-corrected chi connectivity index (χ2v) is 8.94. The summed E-state index contributed by atoms with van der Waals surface area (Å²) in [5, 5.41) is 3.88. The molecule has 148 valence electrons. The summed E-state index contributed by atoms with van der Waals surface area (Å²) in [6, 6.07) is 13.2. The fraction of sp³-hybridized carbons (Fsp3) is 0.227. The fourth-order valence-corrected chi connectivity index (χ4v) is 3.56. The van der Waals surface area contributed by atoms with E-state index in [1.54, 1.807) is 18.5 Å². The Morgan fingerprint density at radius 1 is 1.00 bits per heavy atom. The van der Waals surface area contributed by atoms with Crippen LogP contribution >= 0.6 is 11.3 Å². The van der Waals surface area contributed by atoms with Crippen molar-refractivity contribution >= 4 is 32.4 Å². The van der Waals surface area contributed by atoms with Gasteiger partial charge in [-0.1, -0.05) is 50.3 Å². The highest BCUT2D eigenvalue weighted by molar-refractivity contribution is 7.22. The van der Waals surface area contributed by atoms with Crippen molar-refractivity contribution in [1.82, 2.24) is 15.0 Å². The summed E-state index contributed by atoms with van der Waals surface area (Å²) in [5.74, 6) is -0.308. The first-order chi connectivity index (χ1) is 13.9. The molecular formula is C22H21FN4OS. The second-order valence-electron chi connectivity index (χ2n) is 7.91. The number of benzene rings is 2. The summed E-state index contributed by atoms with van der Waals surface area (Å²) in [5.41, 5.74) is 3.22. The molecule has 2 aromatic heterocycles. The van der Waals surface area contributed by atoms with Gasteiger partial charge in [0.05, 0.1) is 11.3 Å². The van der Waals surface area contributed by atoms with E-state index < -0.39 is 0 Å². The van der Waals surface area contributed by atoms with Gasteiger partial charge in [0.2, 0.25) is 0 Å². The van der Waals surface area contributed by atoms with Crippen molar-refractivity contribution < 1.29 is 9.13 Å². The van der Waals surface area contributed by atoms with E-state index in [1.165, 1.54) is 17.4 Å². The molecule has 0 unspecified atom stereocenters. The van der Waals surface area contributed by atoms with Crippen LogP contribution in [0.15, 0.2) is 54.9 Å². The van der Waals surface area contributed by atoms with Gasteiger partial charge in [0.1, 0.15) is 11.3 Å². The largest absolute Gasteiger partial charge is 0.463 e. The third-order valence-corrected chi connectivity index (χ3v) is 5.04. The number of anilines is 2. The van der Waals surface area contributed by atoms with Gasteiger partial charge in [0, 0.05) is 23.6 Å². The third-order valence-electron chi connectivity index (χ3n) is 4.10. The van der Waals surface area contributed by atoms with Crippen LogP contribution in [0.2, 0.25) is 0 Å². The normalized spacial score (nSPS) is 11.6. The van der Waals surface area contributed by atoms with E-state index in [9.17, 15) is 4.39 Å². The lowest BCUT2D eigenvalue weighted by atomic mass is 9.99. The van der Waals surface area contributed by atoms with Crippen LogP contribution in [-0.2, 0) is 0 Å². The monoisotopic (exact) mass is 408 g/mol.